The van der Waals surface area contributed by atoms with E-state index < -0.39 is 0 Å². The Bertz CT molecular complexity index is 1470. The summed E-state index contributed by atoms with van der Waals surface area (Å²) in [5, 5.41) is 2.34. The van der Waals surface area contributed by atoms with Crippen LogP contribution in [0.2, 0.25) is 0 Å². The molecule has 3 aromatic heterocycles. The van der Waals surface area contributed by atoms with Crippen molar-refractivity contribution >= 4 is 27.6 Å². The highest BCUT2D eigenvalue weighted by Crippen LogP contribution is 2.41. The van der Waals surface area contributed by atoms with Gasteiger partial charge in [0.2, 0.25) is 0 Å². The van der Waals surface area contributed by atoms with E-state index in [1.54, 1.807) is 0 Å². The lowest BCUT2D eigenvalue weighted by atomic mass is 9.75. The fraction of sp³-hybridized carbons (Fsp3) is 0.333. The van der Waals surface area contributed by atoms with E-state index in [1.165, 1.54) is 60.9 Å². The van der Waals surface area contributed by atoms with Crippen LogP contribution in [0, 0.1) is 32.6 Å². The summed E-state index contributed by atoms with van der Waals surface area (Å²) >= 11 is 0. The van der Waals surface area contributed by atoms with E-state index in [0.29, 0.717) is 11.8 Å². The predicted octanol–water partition coefficient (Wildman–Crippen LogP) is 7.72. The van der Waals surface area contributed by atoms with Crippen LogP contribution in [-0.2, 0) is 7.05 Å². The number of benzene rings is 1. The number of fused-ring (bicyclic) bond motifs is 3. The Hall–Kier alpha value is -3.20. The minimum Gasteiger partial charge on any atom is -0.313 e. The lowest BCUT2D eigenvalue weighted by Gasteiger charge is -2.30. The minimum atomic E-state index is 0.468. The maximum Gasteiger partial charge on any atom is 0.141 e. The molecule has 1 aliphatic carbocycles. The van der Waals surface area contributed by atoms with Crippen LogP contribution in [0.15, 0.2) is 53.9 Å². The first kappa shape index (κ1) is 21.6. The van der Waals surface area contributed by atoms with Gasteiger partial charge in [-0.2, -0.15) is 0 Å². The molecule has 0 saturated carbocycles. The molecule has 1 aromatic carbocycles. The van der Waals surface area contributed by atoms with Crippen LogP contribution in [0.1, 0.15) is 49.9 Å². The number of rotatable bonds is 2. The largest absolute Gasteiger partial charge is 0.313 e. The highest BCUT2D eigenvalue weighted by atomic mass is 15.1. The molecule has 3 heterocycles. The van der Waals surface area contributed by atoms with Gasteiger partial charge >= 0.3 is 0 Å². The molecule has 0 fully saturated rings. The van der Waals surface area contributed by atoms with Gasteiger partial charge in [0.25, 0.3) is 0 Å². The van der Waals surface area contributed by atoms with E-state index in [1.807, 2.05) is 12.4 Å². The van der Waals surface area contributed by atoms with Crippen molar-refractivity contribution in [3.8, 4) is 11.1 Å². The van der Waals surface area contributed by atoms with E-state index >= 15 is 0 Å². The lowest BCUT2D eigenvalue weighted by Crippen LogP contribution is -2.16. The number of pyridine rings is 2. The molecule has 2 atom stereocenters. The van der Waals surface area contributed by atoms with Crippen molar-refractivity contribution in [2.75, 3.05) is 0 Å². The maximum atomic E-state index is 4.92. The second-order valence-corrected chi connectivity index (χ2v) is 10.1. The third-order valence-corrected chi connectivity index (χ3v) is 7.73. The first-order valence-electron chi connectivity index (χ1n) is 11.9. The summed E-state index contributed by atoms with van der Waals surface area (Å²) in [6.07, 6.45) is 6.40. The van der Waals surface area contributed by atoms with Gasteiger partial charge < -0.3 is 4.57 Å². The fourth-order valence-corrected chi connectivity index (χ4v) is 5.91. The molecule has 0 bridgehead atoms. The van der Waals surface area contributed by atoms with Gasteiger partial charge in [0.15, 0.2) is 0 Å². The average molecular weight is 436 g/mol. The monoisotopic (exact) mass is 435 g/mol. The smallest absolute Gasteiger partial charge is 0.141 e. The third kappa shape index (κ3) is 3.33. The zero-order valence-electron chi connectivity index (χ0n) is 21.0. The standard InChI is InChI=1S/C30H33N3/c1-16-9-18(3)27(19(4)10-16)23-12-25-26-13-24(15-32-30(26)33(8)29(25)31-14-23)28-20(5)11-17(2)21(6)22(28)7/h9-15,21-22H,1-8H3. The maximum absolute atomic E-state index is 4.92. The van der Waals surface area contributed by atoms with E-state index in [2.05, 4.69) is 90.4 Å². The van der Waals surface area contributed by atoms with Crippen LogP contribution in [0.25, 0.3) is 38.8 Å². The van der Waals surface area contributed by atoms with Crippen LogP contribution >= 0.6 is 0 Å². The average Bonchev–Trinajstić information content (AvgIpc) is 3.03. The zero-order chi connectivity index (χ0) is 23.6. The van der Waals surface area contributed by atoms with Gasteiger partial charge in [0.05, 0.1) is 0 Å². The minimum absolute atomic E-state index is 0.468. The molecule has 4 aromatic rings. The molecule has 3 heteroatoms. The molecule has 168 valence electrons. The summed E-state index contributed by atoms with van der Waals surface area (Å²) in [6, 6.07) is 9.15. The summed E-state index contributed by atoms with van der Waals surface area (Å²) < 4.78 is 2.12. The number of nitrogens with zero attached hydrogens (tertiary/aromatic N) is 3. The van der Waals surface area contributed by atoms with Crippen molar-refractivity contribution in [3.63, 3.8) is 0 Å². The summed E-state index contributed by atoms with van der Waals surface area (Å²) in [7, 11) is 2.06. The fourth-order valence-electron chi connectivity index (χ4n) is 5.91. The van der Waals surface area contributed by atoms with Gasteiger partial charge in [0, 0.05) is 35.8 Å². The van der Waals surface area contributed by atoms with Crippen molar-refractivity contribution in [1.82, 2.24) is 14.5 Å². The topological polar surface area (TPSA) is 30.7 Å². The molecule has 0 radical (unpaired) electrons. The van der Waals surface area contributed by atoms with Crippen molar-refractivity contribution < 1.29 is 0 Å². The van der Waals surface area contributed by atoms with Gasteiger partial charge in [0.1, 0.15) is 11.3 Å². The molecule has 3 nitrogen and oxygen atoms in total. The number of hydrogen-bond donors (Lipinski definition) is 0. The number of aromatic nitrogens is 3. The molecule has 2 unspecified atom stereocenters. The van der Waals surface area contributed by atoms with Crippen LogP contribution in [-0.4, -0.2) is 14.5 Å². The summed E-state index contributed by atoms with van der Waals surface area (Å²) in [6.45, 7) is 15.7. The molecule has 0 aliphatic heterocycles. The quantitative estimate of drug-likeness (QED) is 0.323. The van der Waals surface area contributed by atoms with Gasteiger partial charge in [-0.3, -0.25) is 0 Å². The molecule has 0 saturated heterocycles. The second kappa shape index (κ2) is 7.69. The molecular weight excluding hydrogens is 402 g/mol. The highest BCUT2D eigenvalue weighted by Gasteiger charge is 2.26. The Morgan fingerprint density at radius 1 is 0.727 bits per heavy atom. The SMILES string of the molecule is CC1=CC(C)=C(c2cnc3c(c2)c2cc(-c4c(C)cc(C)cc4C)cnc2n3C)C(C)C1C. The zero-order valence-corrected chi connectivity index (χ0v) is 21.0. The Labute approximate surface area is 196 Å². The van der Waals surface area contributed by atoms with Crippen molar-refractivity contribution in [1.29, 1.82) is 0 Å². The van der Waals surface area contributed by atoms with E-state index in [4.69, 9.17) is 9.97 Å². The molecule has 0 amide bonds. The third-order valence-electron chi connectivity index (χ3n) is 7.73. The van der Waals surface area contributed by atoms with E-state index in [0.717, 1.165) is 11.3 Å². The Balaban J connectivity index is 1.75. The lowest BCUT2D eigenvalue weighted by molar-refractivity contribution is 0.534. The summed E-state index contributed by atoms with van der Waals surface area (Å²) in [5.41, 5.74) is 13.7. The van der Waals surface area contributed by atoms with Gasteiger partial charge in [-0.25, -0.2) is 9.97 Å². The first-order chi connectivity index (χ1) is 15.7. The van der Waals surface area contributed by atoms with E-state index in [-0.39, 0.29) is 0 Å². The number of hydrogen-bond acceptors (Lipinski definition) is 2. The molecule has 1 aliphatic rings. The Morgan fingerprint density at radius 3 is 1.88 bits per heavy atom. The van der Waals surface area contributed by atoms with Crippen LogP contribution in [0.5, 0.6) is 0 Å². The van der Waals surface area contributed by atoms with Crippen LogP contribution in [0.4, 0.5) is 0 Å². The first-order valence-corrected chi connectivity index (χ1v) is 11.9. The number of allylic oxidation sites excluding steroid dienone is 4. The van der Waals surface area contributed by atoms with Gasteiger partial charge in [-0.15, -0.1) is 0 Å². The molecule has 0 N–H and O–H groups in total. The van der Waals surface area contributed by atoms with Crippen LogP contribution < -0.4 is 0 Å². The van der Waals surface area contributed by atoms with Gasteiger partial charge in [-0.05, 0) is 92.0 Å². The van der Waals surface area contributed by atoms with Crippen molar-refractivity contribution in [2.45, 2.75) is 48.5 Å². The van der Waals surface area contributed by atoms with Crippen LogP contribution in [0.3, 0.4) is 0 Å². The normalized spacial score (nSPS) is 19.0. The predicted molar refractivity (Wildman–Crippen MR) is 140 cm³/mol. The van der Waals surface area contributed by atoms with Gasteiger partial charge in [-0.1, -0.05) is 43.2 Å². The Morgan fingerprint density at radius 2 is 1.27 bits per heavy atom. The molecule has 33 heavy (non-hydrogen) atoms. The highest BCUT2D eigenvalue weighted by molar-refractivity contribution is 6.07. The summed E-state index contributed by atoms with van der Waals surface area (Å²) in [5.74, 6) is 1.00. The number of aryl methyl sites for hydroxylation is 4. The second-order valence-electron chi connectivity index (χ2n) is 10.1. The molecule has 0 spiro atoms. The van der Waals surface area contributed by atoms with Crippen molar-refractivity contribution in [3.05, 3.63) is 76.1 Å². The Kier molecular flexibility index (Phi) is 5.04. The van der Waals surface area contributed by atoms with E-state index in [9.17, 15) is 0 Å². The molecule has 5 rings (SSSR count). The van der Waals surface area contributed by atoms with Crippen molar-refractivity contribution in [2.24, 2.45) is 18.9 Å². The summed E-state index contributed by atoms with van der Waals surface area (Å²) in [4.78, 5) is 9.82. The molecular formula is C30H33N3.